The molecule has 0 aromatic heterocycles. The Labute approximate surface area is 161 Å². The Kier molecular flexibility index (Phi) is 15.0. The first kappa shape index (κ1) is 25.0. The molecule has 0 radical (unpaired) electrons. The molecule has 0 saturated carbocycles. The molecule has 1 heteroatoms. The minimum atomic E-state index is 0.556. The first-order valence-corrected chi connectivity index (χ1v) is 12.0. The van der Waals surface area contributed by atoms with Crippen LogP contribution in [0.15, 0.2) is 0 Å². The summed E-state index contributed by atoms with van der Waals surface area (Å²) >= 11 is 0. The molecule has 0 heterocycles. The summed E-state index contributed by atoms with van der Waals surface area (Å²) in [5.41, 5.74) is 0.556. The lowest BCUT2D eigenvalue weighted by molar-refractivity contribution is -0.978. The average molecular weight is 355 g/mol. The van der Waals surface area contributed by atoms with Crippen LogP contribution in [0.2, 0.25) is 0 Å². The van der Waals surface area contributed by atoms with E-state index in [-0.39, 0.29) is 0 Å². The van der Waals surface area contributed by atoms with Gasteiger partial charge < -0.3 is 4.48 Å². The van der Waals surface area contributed by atoms with Crippen molar-refractivity contribution in [2.75, 3.05) is 19.6 Å². The van der Waals surface area contributed by atoms with E-state index in [1.54, 1.807) is 0 Å². The van der Waals surface area contributed by atoms with Gasteiger partial charge in [0, 0.05) is 19.3 Å². The Morgan fingerprint density at radius 2 is 0.800 bits per heavy atom. The van der Waals surface area contributed by atoms with Crippen molar-refractivity contribution in [3.8, 4) is 0 Å². The predicted octanol–water partition coefficient (Wildman–Crippen LogP) is 8.12. The van der Waals surface area contributed by atoms with Gasteiger partial charge in [-0.25, -0.2) is 0 Å². The van der Waals surface area contributed by atoms with Gasteiger partial charge in [-0.2, -0.15) is 0 Å². The summed E-state index contributed by atoms with van der Waals surface area (Å²) in [7, 11) is 0. The Balaban J connectivity index is 5.87. The summed E-state index contributed by atoms with van der Waals surface area (Å²) in [4.78, 5) is 0. The molecule has 152 valence electrons. The lowest BCUT2D eigenvalue weighted by Crippen LogP contribution is -2.65. The van der Waals surface area contributed by atoms with E-state index in [2.05, 4.69) is 41.5 Å². The van der Waals surface area contributed by atoms with Crippen molar-refractivity contribution in [1.29, 1.82) is 0 Å². The third-order valence-corrected chi connectivity index (χ3v) is 6.53. The summed E-state index contributed by atoms with van der Waals surface area (Å²) in [5.74, 6) is 0. The maximum absolute atomic E-state index is 2.43. The second kappa shape index (κ2) is 15.1. The van der Waals surface area contributed by atoms with E-state index in [1.807, 2.05) is 0 Å². The number of unbranched alkanes of at least 4 members (excludes halogenated alkanes) is 5. The van der Waals surface area contributed by atoms with Crippen LogP contribution in [-0.4, -0.2) is 29.7 Å². The van der Waals surface area contributed by atoms with Gasteiger partial charge in [0.25, 0.3) is 0 Å². The molecule has 0 rings (SSSR count). The topological polar surface area (TPSA) is 0 Å². The number of hydrogen-bond acceptors (Lipinski definition) is 0. The fourth-order valence-corrected chi connectivity index (χ4v) is 4.99. The van der Waals surface area contributed by atoms with Crippen LogP contribution in [0.1, 0.15) is 131 Å². The zero-order chi connectivity index (χ0) is 19.0. The molecule has 1 nitrogen and oxygen atoms in total. The summed E-state index contributed by atoms with van der Waals surface area (Å²) < 4.78 is 1.45. The first-order valence-electron chi connectivity index (χ1n) is 12.0. The molecule has 0 fully saturated rings. The summed E-state index contributed by atoms with van der Waals surface area (Å²) in [6.45, 7) is 18.7. The molecule has 0 aliphatic carbocycles. The van der Waals surface area contributed by atoms with Gasteiger partial charge in [-0.1, -0.05) is 80.1 Å². The molecule has 0 unspecified atom stereocenters. The van der Waals surface area contributed by atoms with Gasteiger partial charge in [0.15, 0.2) is 0 Å². The monoisotopic (exact) mass is 354 g/mol. The van der Waals surface area contributed by atoms with Crippen molar-refractivity contribution >= 4 is 0 Å². The normalized spacial score (nSPS) is 12.7. The third-order valence-electron chi connectivity index (χ3n) is 6.53. The Bertz CT molecular complexity index is 254. The van der Waals surface area contributed by atoms with Gasteiger partial charge in [-0.05, 0) is 32.1 Å². The second-order valence-corrected chi connectivity index (χ2v) is 8.56. The summed E-state index contributed by atoms with van der Waals surface area (Å²) in [6, 6.07) is 0. The number of nitrogens with zero attached hydrogens (tertiary/aromatic N) is 1. The first-order chi connectivity index (χ1) is 12.1. The van der Waals surface area contributed by atoms with Gasteiger partial charge in [0.2, 0.25) is 0 Å². The molecule has 25 heavy (non-hydrogen) atoms. The molecular formula is C24H52N+. The minimum absolute atomic E-state index is 0.556. The van der Waals surface area contributed by atoms with E-state index in [0.717, 1.165) is 0 Å². The van der Waals surface area contributed by atoms with Crippen LogP contribution in [0.5, 0.6) is 0 Å². The molecule has 0 spiro atoms. The van der Waals surface area contributed by atoms with E-state index < -0.39 is 0 Å². The molecule has 0 aliphatic heterocycles. The molecule has 0 aromatic carbocycles. The zero-order valence-corrected chi connectivity index (χ0v) is 19.0. The fraction of sp³-hybridized carbons (Fsp3) is 1.00. The van der Waals surface area contributed by atoms with Crippen molar-refractivity contribution in [3.05, 3.63) is 0 Å². The standard InChI is InChI=1S/C24H52N/c1-7-13-19-24(18-12-6,20-14-8-2)25(21-15-9-3,22-16-10-4)23-17-11-5/h7-23H2,1-6H3/q+1. The Morgan fingerprint density at radius 1 is 0.440 bits per heavy atom. The van der Waals surface area contributed by atoms with Gasteiger partial charge in [-0.3, -0.25) is 0 Å². The number of quaternary nitrogens is 1. The lowest BCUT2D eigenvalue weighted by atomic mass is 9.78. The van der Waals surface area contributed by atoms with Crippen molar-refractivity contribution in [2.24, 2.45) is 0 Å². The van der Waals surface area contributed by atoms with Crippen molar-refractivity contribution in [3.63, 3.8) is 0 Å². The van der Waals surface area contributed by atoms with E-state index in [1.165, 1.54) is 114 Å². The molecular weight excluding hydrogens is 302 g/mol. The zero-order valence-electron chi connectivity index (χ0n) is 19.0. The van der Waals surface area contributed by atoms with Crippen LogP contribution in [0.4, 0.5) is 0 Å². The molecule has 0 amide bonds. The van der Waals surface area contributed by atoms with Crippen LogP contribution in [-0.2, 0) is 0 Å². The van der Waals surface area contributed by atoms with Crippen LogP contribution in [0.25, 0.3) is 0 Å². The summed E-state index contributed by atoms with van der Waals surface area (Å²) in [5, 5.41) is 0. The highest BCUT2D eigenvalue weighted by Crippen LogP contribution is 2.41. The highest BCUT2D eigenvalue weighted by Gasteiger charge is 2.47. The van der Waals surface area contributed by atoms with E-state index in [4.69, 9.17) is 0 Å². The number of hydrogen-bond donors (Lipinski definition) is 0. The van der Waals surface area contributed by atoms with Crippen molar-refractivity contribution < 1.29 is 4.48 Å². The molecule has 0 aliphatic rings. The fourth-order valence-electron chi connectivity index (χ4n) is 4.99. The number of rotatable bonds is 18. The van der Waals surface area contributed by atoms with Gasteiger partial charge in [0.05, 0.1) is 25.2 Å². The Morgan fingerprint density at radius 3 is 1.08 bits per heavy atom. The van der Waals surface area contributed by atoms with E-state index in [9.17, 15) is 0 Å². The van der Waals surface area contributed by atoms with Gasteiger partial charge in [-0.15, -0.1) is 0 Å². The van der Waals surface area contributed by atoms with Crippen LogP contribution in [0, 0.1) is 0 Å². The average Bonchev–Trinajstić information content (AvgIpc) is 2.63. The second-order valence-electron chi connectivity index (χ2n) is 8.56. The quantitative estimate of drug-likeness (QED) is 0.218. The molecule has 0 atom stereocenters. The Hall–Kier alpha value is -0.0400. The van der Waals surface area contributed by atoms with Crippen LogP contribution >= 0.6 is 0 Å². The van der Waals surface area contributed by atoms with Crippen LogP contribution in [0.3, 0.4) is 0 Å². The molecule has 0 saturated heterocycles. The van der Waals surface area contributed by atoms with Crippen molar-refractivity contribution in [1.82, 2.24) is 0 Å². The predicted molar refractivity (Wildman–Crippen MR) is 116 cm³/mol. The minimum Gasteiger partial charge on any atom is -0.319 e. The molecule has 0 aromatic rings. The highest BCUT2D eigenvalue weighted by atomic mass is 15.4. The van der Waals surface area contributed by atoms with E-state index >= 15 is 0 Å². The maximum atomic E-state index is 2.43. The largest absolute Gasteiger partial charge is 0.319 e. The molecule has 0 N–H and O–H groups in total. The van der Waals surface area contributed by atoms with Gasteiger partial charge >= 0.3 is 0 Å². The van der Waals surface area contributed by atoms with Crippen LogP contribution < -0.4 is 0 Å². The molecule has 0 bridgehead atoms. The summed E-state index contributed by atoms with van der Waals surface area (Å²) in [6.07, 6.45) is 19.6. The smallest absolute Gasteiger partial charge is 0.0992 e. The highest BCUT2D eigenvalue weighted by molar-refractivity contribution is 4.83. The lowest BCUT2D eigenvalue weighted by Gasteiger charge is -2.55. The van der Waals surface area contributed by atoms with Crippen molar-refractivity contribution in [2.45, 2.75) is 137 Å². The third kappa shape index (κ3) is 8.02. The SMILES string of the molecule is CCCCC(CCC)(CCCC)[N+](CCCC)(CCCC)CCCC. The van der Waals surface area contributed by atoms with Gasteiger partial charge in [0.1, 0.15) is 0 Å². The van der Waals surface area contributed by atoms with E-state index in [0.29, 0.717) is 5.54 Å². The maximum Gasteiger partial charge on any atom is 0.0992 e.